The van der Waals surface area contributed by atoms with E-state index < -0.39 is 11.8 Å². The number of nitrogens with one attached hydrogen (secondary N) is 1. The molecule has 0 bridgehead atoms. The first-order chi connectivity index (χ1) is 9.13. The average molecular weight is 266 g/mol. The number of hydrogen-bond acceptors (Lipinski definition) is 3. The van der Waals surface area contributed by atoms with Gasteiger partial charge in [0, 0.05) is 12.2 Å². The first-order valence-corrected chi connectivity index (χ1v) is 6.77. The Kier molecular flexibility index (Phi) is 4.35. The van der Waals surface area contributed by atoms with Crippen molar-refractivity contribution in [3.05, 3.63) is 23.6 Å². The molecule has 0 amide bonds. The number of carboxylic acids is 1. The number of aromatic nitrogens is 1. The van der Waals surface area contributed by atoms with Crippen molar-refractivity contribution in [2.75, 3.05) is 5.32 Å². The van der Waals surface area contributed by atoms with Crippen LogP contribution in [0.2, 0.25) is 0 Å². The minimum absolute atomic E-state index is 0.0604. The van der Waals surface area contributed by atoms with Crippen LogP contribution in [-0.2, 0) is 0 Å². The molecule has 1 fully saturated rings. The van der Waals surface area contributed by atoms with Gasteiger partial charge in [0.25, 0.3) is 0 Å². The Balaban J connectivity index is 2.18. The fraction of sp³-hybridized carbons (Fsp3) is 0.571. The normalized spacial score (nSPS) is 23.1. The zero-order valence-electron chi connectivity index (χ0n) is 11.0. The van der Waals surface area contributed by atoms with Gasteiger partial charge in [-0.1, -0.05) is 26.2 Å². The summed E-state index contributed by atoms with van der Waals surface area (Å²) in [6, 6.07) is 1.37. The van der Waals surface area contributed by atoms with Crippen molar-refractivity contribution in [2.24, 2.45) is 5.92 Å². The monoisotopic (exact) mass is 266 g/mol. The maximum atomic E-state index is 14.0. The van der Waals surface area contributed by atoms with Gasteiger partial charge in [-0.25, -0.2) is 14.2 Å². The van der Waals surface area contributed by atoms with Crippen LogP contribution in [0.3, 0.4) is 0 Å². The molecule has 104 valence electrons. The maximum absolute atomic E-state index is 14.0. The molecule has 2 atom stereocenters. The second kappa shape index (κ2) is 5.99. The first-order valence-electron chi connectivity index (χ1n) is 6.77. The van der Waals surface area contributed by atoms with E-state index >= 15 is 0 Å². The molecule has 0 aromatic carbocycles. The van der Waals surface area contributed by atoms with Gasteiger partial charge in [0.1, 0.15) is 5.56 Å². The number of carboxylic acid groups (broad SMARTS) is 1. The van der Waals surface area contributed by atoms with E-state index in [1.54, 1.807) is 0 Å². The van der Waals surface area contributed by atoms with Crippen molar-refractivity contribution in [3.8, 4) is 0 Å². The van der Waals surface area contributed by atoms with Crippen LogP contribution in [0.15, 0.2) is 12.3 Å². The van der Waals surface area contributed by atoms with E-state index in [1.165, 1.54) is 18.7 Å². The van der Waals surface area contributed by atoms with Gasteiger partial charge in [-0.15, -0.1) is 0 Å². The van der Waals surface area contributed by atoms with E-state index in [0.717, 1.165) is 25.7 Å². The number of halogens is 1. The summed E-state index contributed by atoms with van der Waals surface area (Å²) in [5, 5.41) is 12.0. The molecule has 2 N–H and O–H groups in total. The summed E-state index contributed by atoms with van der Waals surface area (Å²) in [5.41, 5.74) is -0.332. The highest BCUT2D eigenvalue weighted by molar-refractivity contribution is 5.88. The van der Waals surface area contributed by atoms with Gasteiger partial charge < -0.3 is 10.4 Å². The largest absolute Gasteiger partial charge is 0.478 e. The Morgan fingerprint density at radius 2 is 2.26 bits per heavy atom. The average Bonchev–Trinajstić information content (AvgIpc) is 2.41. The van der Waals surface area contributed by atoms with Crippen LogP contribution in [0.1, 0.15) is 49.4 Å². The number of carbonyl (C=O) groups is 1. The molecule has 1 aromatic rings. The highest BCUT2D eigenvalue weighted by atomic mass is 19.1. The van der Waals surface area contributed by atoms with Crippen LogP contribution in [-0.4, -0.2) is 22.1 Å². The lowest BCUT2D eigenvalue weighted by Crippen LogP contribution is -2.32. The van der Waals surface area contributed by atoms with Crippen molar-refractivity contribution >= 4 is 11.8 Å². The summed E-state index contributed by atoms with van der Waals surface area (Å²) < 4.78 is 14.0. The summed E-state index contributed by atoms with van der Waals surface area (Å²) in [5.74, 6) is -1.47. The van der Waals surface area contributed by atoms with Crippen LogP contribution in [0.25, 0.3) is 0 Å². The Labute approximate surface area is 112 Å². The summed E-state index contributed by atoms with van der Waals surface area (Å²) in [6.07, 6.45) is 6.82. The van der Waals surface area contributed by atoms with Crippen molar-refractivity contribution in [2.45, 2.75) is 45.1 Å². The second-order valence-corrected chi connectivity index (χ2v) is 5.03. The molecule has 2 rings (SSSR count). The Morgan fingerprint density at radius 3 is 2.95 bits per heavy atom. The lowest BCUT2D eigenvalue weighted by Gasteiger charge is -2.32. The molecular weight excluding hydrogens is 247 g/mol. The molecule has 1 aliphatic carbocycles. The molecule has 1 saturated carbocycles. The van der Waals surface area contributed by atoms with E-state index in [-0.39, 0.29) is 17.4 Å². The molecule has 1 aliphatic rings. The molecule has 5 heteroatoms. The Hall–Kier alpha value is -1.65. The van der Waals surface area contributed by atoms with E-state index in [4.69, 9.17) is 5.11 Å². The third-order valence-corrected chi connectivity index (χ3v) is 3.88. The van der Waals surface area contributed by atoms with Crippen LogP contribution < -0.4 is 5.32 Å². The minimum Gasteiger partial charge on any atom is -0.478 e. The third-order valence-electron chi connectivity index (χ3n) is 3.88. The topological polar surface area (TPSA) is 62.2 Å². The lowest BCUT2D eigenvalue weighted by molar-refractivity contribution is 0.0692. The van der Waals surface area contributed by atoms with E-state index in [1.807, 2.05) is 0 Å². The number of pyridine rings is 1. The van der Waals surface area contributed by atoms with Gasteiger partial charge in [0.2, 0.25) is 0 Å². The summed E-state index contributed by atoms with van der Waals surface area (Å²) in [7, 11) is 0. The van der Waals surface area contributed by atoms with Gasteiger partial charge >= 0.3 is 5.97 Å². The summed E-state index contributed by atoms with van der Waals surface area (Å²) in [6.45, 7) is 2.13. The molecular formula is C14H19FN2O2. The number of nitrogens with zero attached hydrogens (tertiary/aromatic N) is 1. The van der Waals surface area contributed by atoms with Crippen molar-refractivity contribution < 1.29 is 14.3 Å². The fourth-order valence-corrected chi connectivity index (χ4v) is 2.77. The predicted octanol–water partition coefficient (Wildman–Crippen LogP) is 3.30. The molecule has 0 aliphatic heterocycles. The molecule has 0 saturated heterocycles. The van der Waals surface area contributed by atoms with Gasteiger partial charge in [0.15, 0.2) is 11.6 Å². The van der Waals surface area contributed by atoms with Crippen molar-refractivity contribution in [3.63, 3.8) is 0 Å². The van der Waals surface area contributed by atoms with Crippen molar-refractivity contribution in [1.82, 2.24) is 4.98 Å². The van der Waals surface area contributed by atoms with Gasteiger partial charge in [-0.3, -0.25) is 0 Å². The minimum atomic E-state index is -1.27. The maximum Gasteiger partial charge on any atom is 0.338 e. The van der Waals surface area contributed by atoms with Gasteiger partial charge in [-0.2, -0.15) is 0 Å². The molecule has 4 nitrogen and oxygen atoms in total. The Morgan fingerprint density at radius 1 is 1.53 bits per heavy atom. The number of hydrogen-bond donors (Lipinski definition) is 2. The SMILES string of the molecule is CCC1CCCCC1Nc1nccc(C(=O)O)c1F. The molecule has 19 heavy (non-hydrogen) atoms. The summed E-state index contributed by atoms with van der Waals surface area (Å²) >= 11 is 0. The zero-order valence-corrected chi connectivity index (χ0v) is 11.0. The molecule has 0 radical (unpaired) electrons. The predicted molar refractivity (Wildman–Crippen MR) is 70.8 cm³/mol. The van der Waals surface area contributed by atoms with E-state index in [9.17, 15) is 9.18 Å². The van der Waals surface area contributed by atoms with Crippen LogP contribution in [0, 0.1) is 11.7 Å². The molecule has 0 spiro atoms. The zero-order chi connectivity index (χ0) is 13.8. The van der Waals surface area contributed by atoms with Crippen LogP contribution >= 0.6 is 0 Å². The molecule has 1 heterocycles. The van der Waals surface area contributed by atoms with E-state index in [2.05, 4.69) is 17.2 Å². The Bertz CT molecular complexity index is 465. The highest BCUT2D eigenvalue weighted by Crippen LogP contribution is 2.29. The lowest BCUT2D eigenvalue weighted by atomic mass is 9.83. The smallest absolute Gasteiger partial charge is 0.338 e. The summed E-state index contributed by atoms with van der Waals surface area (Å²) in [4.78, 5) is 14.8. The quantitative estimate of drug-likeness (QED) is 0.877. The number of rotatable bonds is 4. The third kappa shape index (κ3) is 3.03. The van der Waals surface area contributed by atoms with Gasteiger partial charge in [0.05, 0.1) is 0 Å². The number of aromatic carboxylic acids is 1. The standard InChI is InChI=1S/C14H19FN2O2/c1-2-9-5-3-4-6-11(9)17-13-12(15)10(14(18)19)7-8-16-13/h7-9,11H,2-6H2,1H3,(H,16,17)(H,18,19). The van der Waals surface area contributed by atoms with Crippen LogP contribution in [0.5, 0.6) is 0 Å². The highest BCUT2D eigenvalue weighted by Gasteiger charge is 2.25. The fourth-order valence-electron chi connectivity index (χ4n) is 2.77. The molecule has 1 aromatic heterocycles. The van der Waals surface area contributed by atoms with Gasteiger partial charge in [-0.05, 0) is 24.8 Å². The number of anilines is 1. The first kappa shape index (κ1) is 13.8. The van der Waals surface area contributed by atoms with Crippen molar-refractivity contribution in [1.29, 1.82) is 0 Å². The van der Waals surface area contributed by atoms with Crippen LogP contribution in [0.4, 0.5) is 10.2 Å². The molecule has 2 unspecified atom stereocenters. The van der Waals surface area contributed by atoms with E-state index in [0.29, 0.717) is 5.92 Å². The second-order valence-electron chi connectivity index (χ2n) is 5.03.